The highest BCUT2D eigenvalue weighted by molar-refractivity contribution is 7.98. The molecule has 0 aliphatic carbocycles. The SMILES string of the molecule is CSCC(C)(O)CNC(=O)CCC(CCN)C(C)C. The Hall–Kier alpha value is -0.260. The van der Waals surface area contributed by atoms with Gasteiger partial charge in [-0.3, -0.25) is 4.79 Å². The van der Waals surface area contributed by atoms with E-state index in [0.717, 1.165) is 12.8 Å². The third kappa shape index (κ3) is 9.30. The predicted octanol–water partition coefficient (Wildman–Crippen LogP) is 1.62. The topological polar surface area (TPSA) is 75.3 Å². The van der Waals surface area contributed by atoms with E-state index in [9.17, 15) is 9.90 Å². The maximum atomic E-state index is 11.8. The van der Waals surface area contributed by atoms with E-state index in [4.69, 9.17) is 5.73 Å². The number of nitrogens with two attached hydrogens (primary N) is 1. The zero-order valence-corrected chi connectivity index (χ0v) is 13.6. The van der Waals surface area contributed by atoms with Gasteiger partial charge in [0, 0.05) is 18.7 Å². The summed E-state index contributed by atoms with van der Waals surface area (Å²) >= 11 is 1.57. The number of rotatable bonds is 10. The van der Waals surface area contributed by atoms with Crippen LogP contribution in [-0.2, 0) is 4.79 Å². The molecule has 0 radical (unpaired) electrons. The molecule has 0 rings (SSSR count). The Morgan fingerprint density at radius 3 is 2.53 bits per heavy atom. The molecule has 0 saturated carbocycles. The van der Waals surface area contributed by atoms with E-state index in [2.05, 4.69) is 19.2 Å². The van der Waals surface area contributed by atoms with Gasteiger partial charge in [0.2, 0.25) is 5.91 Å². The average molecular weight is 290 g/mol. The van der Waals surface area contributed by atoms with Gasteiger partial charge in [0.05, 0.1) is 5.60 Å². The first-order valence-corrected chi connectivity index (χ1v) is 8.40. The van der Waals surface area contributed by atoms with Gasteiger partial charge in [-0.1, -0.05) is 13.8 Å². The van der Waals surface area contributed by atoms with E-state index >= 15 is 0 Å². The molecule has 0 aliphatic rings. The van der Waals surface area contributed by atoms with E-state index in [1.54, 1.807) is 18.7 Å². The van der Waals surface area contributed by atoms with Gasteiger partial charge in [0.25, 0.3) is 0 Å². The quantitative estimate of drug-likeness (QED) is 0.571. The summed E-state index contributed by atoms with van der Waals surface area (Å²) in [5, 5.41) is 12.8. The molecule has 4 nitrogen and oxygen atoms in total. The first kappa shape index (κ1) is 18.7. The number of aliphatic hydroxyl groups is 1. The fourth-order valence-electron chi connectivity index (χ4n) is 2.08. The summed E-state index contributed by atoms with van der Waals surface area (Å²) in [4.78, 5) is 11.8. The second kappa shape index (κ2) is 9.61. The average Bonchev–Trinajstić information content (AvgIpc) is 2.31. The third-order valence-corrected chi connectivity index (χ3v) is 4.25. The summed E-state index contributed by atoms with van der Waals surface area (Å²) in [5.41, 5.74) is 4.76. The van der Waals surface area contributed by atoms with Crippen molar-refractivity contribution < 1.29 is 9.90 Å². The van der Waals surface area contributed by atoms with Crippen molar-refractivity contribution in [1.82, 2.24) is 5.32 Å². The summed E-state index contributed by atoms with van der Waals surface area (Å²) in [7, 11) is 0. The molecular weight excluding hydrogens is 260 g/mol. The van der Waals surface area contributed by atoms with Crippen LogP contribution in [0.5, 0.6) is 0 Å². The molecule has 0 aromatic carbocycles. The van der Waals surface area contributed by atoms with Crippen molar-refractivity contribution in [3.05, 3.63) is 0 Å². The van der Waals surface area contributed by atoms with Crippen molar-refractivity contribution in [2.45, 2.75) is 45.6 Å². The molecule has 19 heavy (non-hydrogen) atoms. The molecule has 114 valence electrons. The maximum Gasteiger partial charge on any atom is 0.220 e. The van der Waals surface area contributed by atoms with E-state index in [1.165, 1.54) is 0 Å². The molecule has 0 aromatic heterocycles. The highest BCUT2D eigenvalue weighted by Gasteiger charge is 2.21. The largest absolute Gasteiger partial charge is 0.387 e. The number of amides is 1. The summed E-state index contributed by atoms with van der Waals surface area (Å²) in [5.74, 6) is 1.69. The van der Waals surface area contributed by atoms with Gasteiger partial charge in [-0.15, -0.1) is 0 Å². The highest BCUT2D eigenvalue weighted by Crippen LogP contribution is 2.20. The van der Waals surface area contributed by atoms with Gasteiger partial charge in [-0.25, -0.2) is 0 Å². The second-order valence-corrected chi connectivity index (χ2v) is 6.69. The first-order valence-electron chi connectivity index (χ1n) is 7.00. The predicted molar refractivity (Wildman–Crippen MR) is 83.2 cm³/mol. The molecule has 0 heterocycles. The number of carbonyl (C=O) groups excluding carboxylic acids is 1. The molecule has 0 fully saturated rings. The zero-order valence-electron chi connectivity index (χ0n) is 12.7. The zero-order chi connectivity index (χ0) is 14.9. The van der Waals surface area contributed by atoms with Gasteiger partial charge < -0.3 is 16.2 Å². The molecule has 4 N–H and O–H groups in total. The summed E-state index contributed by atoms with van der Waals surface area (Å²) in [6, 6.07) is 0. The van der Waals surface area contributed by atoms with Crippen LogP contribution >= 0.6 is 11.8 Å². The standard InChI is InChI=1S/C14H30N2O2S/c1-11(2)12(7-8-15)5-6-13(17)16-9-14(3,18)10-19-4/h11-12,18H,5-10,15H2,1-4H3,(H,16,17). The number of hydrogen-bond donors (Lipinski definition) is 3. The minimum Gasteiger partial charge on any atom is -0.387 e. The fourth-order valence-corrected chi connectivity index (χ4v) is 2.80. The van der Waals surface area contributed by atoms with Crippen LogP contribution in [0.2, 0.25) is 0 Å². The van der Waals surface area contributed by atoms with Crippen molar-refractivity contribution >= 4 is 17.7 Å². The van der Waals surface area contributed by atoms with Crippen LogP contribution in [0.15, 0.2) is 0 Å². The van der Waals surface area contributed by atoms with Crippen LogP contribution in [0.25, 0.3) is 0 Å². The lowest BCUT2D eigenvalue weighted by atomic mass is 9.88. The van der Waals surface area contributed by atoms with E-state index in [-0.39, 0.29) is 5.91 Å². The lowest BCUT2D eigenvalue weighted by Gasteiger charge is -2.23. The Morgan fingerprint density at radius 1 is 1.42 bits per heavy atom. The van der Waals surface area contributed by atoms with E-state index < -0.39 is 5.60 Å². The number of thioether (sulfide) groups is 1. The van der Waals surface area contributed by atoms with Crippen molar-refractivity contribution in [3.8, 4) is 0 Å². The Bertz CT molecular complexity index is 258. The molecule has 2 unspecified atom stereocenters. The van der Waals surface area contributed by atoms with Gasteiger partial charge in [0.15, 0.2) is 0 Å². The molecule has 0 aromatic rings. The van der Waals surface area contributed by atoms with Crippen LogP contribution in [-0.4, -0.2) is 41.7 Å². The van der Waals surface area contributed by atoms with Gasteiger partial charge in [0.1, 0.15) is 0 Å². The van der Waals surface area contributed by atoms with Crippen LogP contribution < -0.4 is 11.1 Å². The maximum absolute atomic E-state index is 11.8. The van der Waals surface area contributed by atoms with Gasteiger partial charge in [-0.2, -0.15) is 11.8 Å². The third-order valence-electron chi connectivity index (χ3n) is 3.34. The van der Waals surface area contributed by atoms with E-state index in [1.807, 2.05) is 6.26 Å². The fraction of sp³-hybridized carbons (Fsp3) is 0.929. The summed E-state index contributed by atoms with van der Waals surface area (Å²) in [6.45, 7) is 7.07. The minimum atomic E-state index is -0.830. The van der Waals surface area contributed by atoms with Gasteiger partial charge in [-0.05, 0) is 44.4 Å². The minimum absolute atomic E-state index is 0.0176. The molecule has 0 spiro atoms. The molecular formula is C14H30N2O2S. The monoisotopic (exact) mass is 290 g/mol. The van der Waals surface area contributed by atoms with Crippen molar-refractivity contribution in [2.24, 2.45) is 17.6 Å². The normalized spacial score (nSPS) is 16.2. The Kier molecular flexibility index (Phi) is 9.48. The van der Waals surface area contributed by atoms with Crippen molar-refractivity contribution in [1.29, 1.82) is 0 Å². The van der Waals surface area contributed by atoms with Crippen LogP contribution in [0.4, 0.5) is 0 Å². The lowest BCUT2D eigenvalue weighted by molar-refractivity contribution is -0.122. The van der Waals surface area contributed by atoms with Crippen molar-refractivity contribution in [3.63, 3.8) is 0 Å². The highest BCUT2D eigenvalue weighted by atomic mass is 32.2. The Morgan fingerprint density at radius 2 is 2.05 bits per heavy atom. The smallest absolute Gasteiger partial charge is 0.220 e. The van der Waals surface area contributed by atoms with Crippen LogP contribution in [0, 0.1) is 11.8 Å². The van der Waals surface area contributed by atoms with E-state index in [0.29, 0.717) is 37.1 Å². The molecule has 0 bridgehead atoms. The summed E-state index contributed by atoms with van der Waals surface area (Å²) in [6.07, 6.45) is 4.29. The molecule has 0 aliphatic heterocycles. The van der Waals surface area contributed by atoms with Gasteiger partial charge >= 0.3 is 0 Å². The first-order chi connectivity index (χ1) is 8.82. The number of hydrogen-bond acceptors (Lipinski definition) is 4. The van der Waals surface area contributed by atoms with Crippen LogP contribution in [0.3, 0.4) is 0 Å². The second-order valence-electron chi connectivity index (χ2n) is 5.83. The number of carbonyl (C=O) groups is 1. The van der Waals surface area contributed by atoms with Crippen molar-refractivity contribution in [2.75, 3.05) is 25.1 Å². The molecule has 0 saturated heterocycles. The Balaban J connectivity index is 3.97. The number of nitrogens with one attached hydrogen (secondary N) is 1. The molecule has 2 atom stereocenters. The summed E-state index contributed by atoms with van der Waals surface area (Å²) < 4.78 is 0. The van der Waals surface area contributed by atoms with Crippen LogP contribution in [0.1, 0.15) is 40.0 Å². The molecule has 1 amide bonds. The Labute approximate surface area is 121 Å². The molecule has 5 heteroatoms. The lowest BCUT2D eigenvalue weighted by Crippen LogP contribution is -2.42.